The third-order valence-electron chi connectivity index (χ3n) is 2.89. The molecular weight excluding hydrogens is 224 g/mol. The first kappa shape index (κ1) is 12.1. The summed E-state index contributed by atoms with van der Waals surface area (Å²) in [5.74, 6) is -0.299. The van der Waals surface area contributed by atoms with Gasteiger partial charge < -0.3 is 4.57 Å². The van der Waals surface area contributed by atoms with Gasteiger partial charge in [0.05, 0.1) is 12.0 Å². The Hall–Kier alpha value is -2.34. The second-order valence-electron chi connectivity index (χ2n) is 4.29. The van der Waals surface area contributed by atoms with Crippen LogP contribution in [0.5, 0.6) is 0 Å². The quantitative estimate of drug-likeness (QED) is 0.824. The van der Waals surface area contributed by atoms with Gasteiger partial charge in [0.1, 0.15) is 0 Å². The lowest BCUT2D eigenvalue weighted by molar-refractivity contribution is 0.623. The number of aryl methyl sites for hydroxylation is 1. The molecule has 1 aromatic carbocycles. The van der Waals surface area contributed by atoms with Gasteiger partial charge in [-0.25, -0.2) is 0 Å². The first-order valence-electron chi connectivity index (χ1n) is 5.82. The van der Waals surface area contributed by atoms with Crippen molar-refractivity contribution < 1.29 is 0 Å². The van der Waals surface area contributed by atoms with E-state index in [1.807, 2.05) is 43.3 Å². The fourth-order valence-electron chi connectivity index (χ4n) is 1.86. The Labute approximate surface area is 106 Å². The standard InChI is InChI=1S/C15H14N2O/c1-12-7-8-17(15(18)9-12)11-14(10-16)13-5-3-2-4-6-13/h2-9,14H,11H2,1H3. The van der Waals surface area contributed by atoms with Gasteiger partial charge in [0.25, 0.3) is 5.56 Å². The Bertz CT molecular complexity index is 623. The number of pyridine rings is 1. The summed E-state index contributed by atoms with van der Waals surface area (Å²) in [5, 5.41) is 9.22. The number of nitrogens with zero attached hydrogens (tertiary/aromatic N) is 2. The van der Waals surface area contributed by atoms with E-state index in [1.54, 1.807) is 16.8 Å². The van der Waals surface area contributed by atoms with Crippen LogP contribution in [0.3, 0.4) is 0 Å². The molecule has 0 radical (unpaired) electrons. The van der Waals surface area contributed by atoms with Gasteiger partial charge in [-0.15, -0.1) is 0 Å². The van der Waals surface area contributed by atoms with Gasteiger partial charge in [-0.3, -0.25) is 4.79 Å². The minimum Gasteiger partial charge on any atom is -0.314 e. The van der Waals surface area contributed by atoms with Gasteiger partial charge in [0.15, 0.2) is 0 Å². The number of benzene rings is 1. The Morgan fingerprint density at radius 3 is 2.61 bits per heavy atom. The van der Waals surface area contributed by atoms with Crippen molar-refractivity contribution in [1.82, 2.24) is 4.57 Å². The number of nitriles is 1. The van der Waals surface area contributed by atoms with E-state index in [9.17, 15) is 10.1 Å². The van der Waals surface area contributed by atoms with E-state index >= 15 is 0 Å². The average molecular weight is 238 g/mol. The van der Waals surface area contributed by atoms with E-state index in [-0.39, 0.29) is 11.5 Å². The van der Waals surface area contributed by atoms with Gasteiger partial charge in [-0.1, -0.05) is 30.3 Å². The predicted octanol–water partition coefficient (Wildman–Crippen LogP) is 2.46. The van der Waals surface area contributed by atoms with Crippen molar-refractivity contribution in [2.24, 2.45) is 0 Å². The molecule has 2 rings (SSSR count). The van der Waals surface area contributed by atoms with Gasteiger partial charge in [0, 0.05) is 18.8 Å². The van der Waals surface area contributed by atoms with Crippen molar-refractivity contribution in [3.63, 3.8) is 0 Å². The molecule has 1 atom stereocenters. The number of aromatic nitrogens is 1. The third kappa shape index (κ3) is 2.67. The number of hydrogen-bond donors (Lipinski definition) is 0. The highest BCUT2D eigenvalue weighted by Crippen LogP contribution is 2.15. The summed E-state index contributed by atoms with van der Waals surface area (Å²) < 4.78 is 1.58. The van der Waals surface area contributed by atoms with Crippen LogP contribution in [-0.4, -0.2) is 4.57 Å². The van der Waals surface area contributed by atoms with E-state index in [1.165, 1.54) is 0 Å². The molecule has 0 saturated carbocycles. The zero-order valence-electron chi connectivity index (χ0n) is 10.2. The molecule has 18 heavy (non-hydrogen) atoms. The molecule has 2 aromatic rings. The van der Waals surface area contributed by atoms with Gasteiger partial charge in [0.2, 0.25) is 0 Å². The van der Waals surface area contributed by atoms with Crippen LogP contribution in [0.15, 0.2) is 53.5 Å². The van der Waals surface area contributed by atoms with Crippen molar-refractivity contribution in [2.75, 3.05) is 0 Å². The molecule has 3 heteroatoms. The summed E-state index contributed by atoms with van der Waals surface area (Å²) in [6.07, 6.45) is 1.74. The van der Waals surface area contributed by atoms with Crippen molar-refractivity contribution in [2.45, 2.75) is 19.4 Å². The summed E-state index contributed by atoms with van der Waals surface area (Å²) in [5.41, 5.74) is 1.81. The van der Waals surface area contributed by atoms with Crippen molar-refractivity contribution >= 4 is 0 Å². The van der Waals surface area contributed by atoms with Crippen LogP contribution in [-0.2, 0) is 6.54 Å². The minimum absolute atomic E-state index is 0.0637. The predicted molar refractivity (Wildman–Crippen MR) is 70.2 cm³/mol. The minimum atomic E-state index is -0.299. The molecule has 1 aromatic heterocycles. The molecular formula is C15H14N2O. The Morgan fingerprint density at radius 2 is 2.00 bits per heavy atom. The highest BCUT2D eigenvalue weighted by atomic mass is 16.1. The smallest absolute Gasteiger partial charge is 0.250 e. The topological polar surface area (TPSA) is 45.8 Å². The lowest BCUT2D eigenvalue weighted by Gasteiger charge is -2.11. The second-order valence-corrected chi connectivity index (χ2v) is 4.29. The number of hydrogen-bond acceptors (Lipinski definition) is 2. The van der Waals surface area contributed by atoms with Crippen molar-refractivity contribution in [1.29, 1.82) is 5.26 Å². The van der Waals surface area contributed by atoms with Crippen LogP contribution in [0.25, 0.3) is 0 Å². The summed E-state index contributed by atoms with van der Waals surface area (Å²) in [7, 11) is 0. The second kappa shape index (κ2) is 5.33. The first-order valence-corrected chi connectivity index (χ1v) is 5.82. The molecule has 0 spiro atoms. The van der Waals surface area contributed by atoms with Crippen molar-refractivity contribution in [3.8, 4) is 6.07 Å². The molecule has 1 heterocycles. The van der Waals surface area contributed by atoms with Crippen LogP contribution < -0.4 is 5.56 Å². The van der Waals surface area contributed by atoms with Gasteiger partial charge in [-0.2, -0.15) is 5.26 Å². The monoisotopic (exact) mass is 238 g/mol. The normalized spacial score (nSPS) is 11.8. The lowest BCUT2D eigenvalue weighted by atomic mass is 10.0. The Kier molecular flexibility index (Phi) is 3.59. The molecule has 0 amide bonds. The average Bonchev–Trinajstić information content (AvgIpc) is 2.39. The zero-order valence-corrected chi connectivity index (χ0v) is 10.2. The highest BCUT2D eigenvalue weighted by molar-refractivity contribution is 5.24. The fourth-order valence-corrected chi connectivity index (χ4v) is 1.86. The summed E-state index contributed by atoms with van der Waals surface area (Å²) in [6, 6.07) is 15.2. The maximum Gasteiger partial charge on any atom is 0.250 e. The molecule has 1 unspecified atom stereocenters. The molecule has 90 valence electrons. The maximum absolute atomic E-state index is 11.8. The SMILES string of the molecule is Cc1ccn(CC(C#N)c2ccccc2)c(=O)c1. The van der Waals surface area contributed by atoms with E-state index in [4.69, 9.17) is 0 Å². The summed E-state index contributed by atoms with van der Waals surface area (Å²) in [6.45, 7) is 2.27. The number of rotatable bonds is 3. The molecule has 0 aliphatic heterocycles. The molecule has 0 aliphatic carbocycles. The van der Waals surface area contributed by atoms with Gasteiger partial charge >= 0.3 is 0 Å². The summed E-state index contributed by atoms with van der Waals surface area (Å²) in [4.78, 5) is 11.8. The third-order valence-corrected chi connectivity index (χ3v) is 2.89. The van der Waals surface area contributed by atoms with Crippen LogP contribution in [0, 0.1) is 18.3 Å². The zero-order chi connectivity index (χ0) is 13.0. The molecule has 3 nitrogen and oxygen atoms in total. The molecule has 0 fully saturated rings. The van der Waals surface area contributed by atoms with Crippen LogP contribution in [0.1, 0.15) is 17.0 Å². The summed E-state index contributed by atoms with van der Waals surface area (Å²) >= 11 is 0. The Morgan fingerprint density at radius 1 is 1.28 bits per heavy atom. The van der Waals surface area contributed by atoms with E-state index < -0.39 is 0 Å². The molecule has 0 N–H and O–H groups in total. The van der Waals surface area contributed by atoms with Crippen LogP contribution in [0.2, 0.25) is 0 Å². The van der Waals surface area contributed by atoms with E-state index in [2.05, 4.69) is 6.07 Å². The molecule has 0 aliphatic rings. The highest BCUT2D eigenvalue weighted by Gasteiger charge is 2.11. The van der Waals surface area contributed by atoms with Crippen LogP contribution in [0.4, 0.5) is 0 Å². The molecule has 0 bridgehead atoms. The van der Waals surface area contributed by atoms with Gasteiger partial charge in [-0.05, 0) is 24.1 Å². The van der Waals surface area contributed by atoms with E-state index in [0.717, 1.165) is 11.1 Å². The Balaban J connectivity index is 2.27. The largest absolute Gasteiger partial charge is 0.314 e. The van der Waals surface area contributed by atoms with Crippen molar-refractivity contribution in [3.05, 3.63) is 70.1 Å². The molecule has 0 saturated heterocycles. The lowest BCUT2D eigenvalue weighted by Crippen LogP contribution is -2.21. The maximum atomic E-state index is 11.8. The first-order chi connectivity index (χ1) is 8.70. The fraction of sp³-hybridized carbons (Fsp3) is 0.200. The van der Waals surface area contributed by atoms with Crippen LogP contribution >= 0.6 is 0 Å². The van der Waals surface area contributed by atoms with E-state index in [0.29, 0.717) is 6.54 Å².